The summed E-state index contributed by atoms with van der Waals surface area (Å²) in [5, 5.41) is 2.63. The van der Waals surface area contributed by atoms with E-state index in [1.165, 1.54) is 36.7 Å². The summed E-state index contributed by atoms with van der Waals surface area (Å²) in [5.41, 5.74) is 1.57. The van der Waals surface area contributed by atoms with Crippen LogP contribution in [0.4, 0.5) is 13.2 Å². The first kappa shape index (κ1) is 27.3. The Hall–Kier alpha value is -4.28. The number of carbonyl (C=O) groups is 3. The standard InChI is InChI=1S/C26H25F3N4O4/c1-37-24(35)21-4-2-3-20(17-21)22(23(34)32-15-9-18-5-11-30-12-6-18)33(25(36)26(27,28)29)16-10-19-7-13-31-14-8-19/h2-8,11-14,17,22H,9-10,15-16H2,1H3,(H,32,34). The van der Waals surface area contributed by atoms with Crippen LogP contribution in [0.25, 0.3) is 0 Å². The number of amides is 2. The first-order valence-electron chi connectivity index (χ1n) is 11.3. The lowest BCUT2D eigenvalue weighted by atomic mass is 10.00. The van der Waals surface area contributed by atoms with Crippen LogP contribution in [0, 0.1) is 0 Å². The van der Waals surface area contributed by atoms with Crippen LogP contribution in [0.5, 0.6) is 0 Å². The first-order chi connectivity index (χ1) is 17.7. The molecule has 11 heteroatoms. The summed E-state index contributed by atoms with van der Waals surface area (Å²) in [7, 11) is 1.16. The molecule has 194 valence electrons. The zero-order valence-electron chi connectivity index (χ0n) is 19.9. The number of benzene rings is 1. The lowest BCUT2D eigenvalue weighted by Gasteiger charge is -2.32. The fourth-order valence-corrected chi connectivity index (χ4v) is 3.71. The van der Waals surface area contributed by atoms with Gasteiger partial charge in [0.15, 0.2) is 0 Å². The average molecular weight is 515 g/mol. The largest absolute Gasteiger partial charge is 0.471 e. The maximum atomic E-state index is 13.7. The molecule has 0 aliphatic heterocycles. The molecule has 0 aliphatic carbocycles. The smallest absolute Gasteiger partial charge is 0.465 e. The molecule has 2 heterocycles. The predicted molar refractivity (Wildman–Crippen MR) is 127 cm³/mol. The van der Waals surface area contributed by atoms with Gasteiger partial charge in [-0.25, -0.2) is 4.79 Å². The number of alkyl halides is 3. The monoisotopic (exact) mass is 514 g/mol. The maximum Gasteiger partial charge on any atom is 0.471 e. The van der Waals surface area contributed by atoms with Crippen LogP contribution in [0.3, 0.4) is 0 Å². The van der Waals surface area contributed by atoms with E-state index in [-0.39, 0.29) is 24.1 Å². The highest BCUT2D eigenvalue weighted by Crippen LogP contribution is 2.29. The van der Waals surface area contributed by atoms with E-state index in [1.54, 1.807) is 36.7 Å². The second-order valence-electron chi connectivity index (χ2n) is 8.02. The molecular weight excluding hydrogens is 489 g/mol. The minimum atomic E-state index is -5.23. The Kier molecular flexibility index (Phi) is 9.31. The number of rotatable bonds is 10. The summed E-state index contributed by atoms with van der Waals surface area (Å²) in [4.78, 5) is 46.3. The summed E-state index contributed by atoms with van der Waals surface area (Å²) in [6.45, 7) is -0.304. The summed E-state index contributed by atoms with van der Waals surface area (Å²) in [6, 6.07) is 10.5. The molecule has 0 bridgehead atoms. The molecular formula is C26H25F3N4O4. The van der Waals surface area contributed by atoms with Crippen molar-refractivity contribution in [3.63, 3.8) is 0 Å². The fraction of sp³-hybridized carbons (Fsp3) is 0.269. The van der Waals surface area contributed by atoms with Crippen molar-refractivity contribution in [3.05, 3.63) is 95.6 Å². The minimum Gasteiger partial charge on any atom is -0.465 e. The van der Waals surface area contributed by atoms with Crippen LogP contribution >= 0.6 is 0 Å². The van der Waals surface area contributed by atoms with E-state index < -0.39 is 36.5 Å². The van der Waals surface area contributed by atoms with E-state index in [2.05, 4.69) is 15.3 Å². The molecule has 2 aromatic heterocycles. The van der Waals surface area contributed by atoms with Crippen molar-refractivity contribution in [3.8, 4) is 0 Å². The van der Waals surface area contributed by atoms with Gasteiger partial charge in [0.1, 0.15) is 6.04 Å². The highest BCUT2D eigenvalue weighted by molar-refractivity contribution is 5.93. The lowest BCUT2D eigenvalue weighted by molar-refractivity contribution is -0.188. The zero-order valence-corrected chi connectivity index (χ0v) is 19.9. The van der Waals surface area contributed by atoms with Crippen molar-refractivity contribution in [2.24, 2.45) is 0 Å². The Bertz CT molecular complexity index is 1210. The van der Waals surface area contributed by atoms with Crippen LogP contribution in [0.2, 0.25) is 0 Å². The van der Waals surface area contributed by atoms with Crippen LogP contribution in [-0.2, 0) is 27.2 Å². The number of halogens is 3. The molecule has 1 unspecified atom stereocenters. The van der Waals surface area contributed by atoms with Crippen molar-refractivity contribution in [2.45, 2.75) is 25.1 Å². The molecule has 0 radical (unpaired) electrons. The van der Waals surface area contributed by atoms with Gasteiger partial charge in [-0.3, -0.25) is 19.6 Å². The summed E-state index contributed by atoms with van der Waals surface area (Å²) in [6.07, 6.45) is 1.34. The average Bonchev–Trinajstić information content (AvgIpc) is 2.90. The van der Waals surface area contributed by atoms with Crippen molar-refractivity contribution in [1.82, 2.24) is 20.2 Å². The Morgan fingerprint density at radius 3 is 2.11 bits per heavy atom. The molecule has 3 aromatic rings. The molecule has 3 rings (SSSR count). The number of esters is 1. The molecule has 0 fully saturated rings. The van der Waals surface area contributed by atoms with Gasteiger partial charge in [0.05, 0.1) is 12.7 Å². The normalized spacial score (nSPS) is 11.9. The predicted octanol–water partition coefficient (Wildman–Crippen LogP) is 3.30. The molecule has 37 heavy (non-hydrogen) atoms. The molecule has 1 atom stereocenters. The molecule has 1 N–H and O–H groups in total. The topological polar surface area (TPSA) is 101 Å². The number of pyridine rings is 2. The number of nitrogens with one attached hydrogen (secondary N) is 1. The van der Waals surface area contributed by atoms with Gasteiger partial charge < -0.3 is 15.0 Å². The molecule has 0 saturated heterocycles. The van der Waals surface area contributed by atoms with Gasteiger partial charge in [0.25, 0.3) is 0 Å². The van der Waals surface area contributed by atoms with E-state index in [1.807, 2.05) is 0 Å². The quantitative estimate of drug-likeness (QED) is 0.417. The van der Waals surface area contributed by atoms with Crippen LogP contribution < -0.4 is 5.32 Å². The maximum absolute atomic E-state index is 13.7. The van der Waals surface area contributed by atoms with Gasteiger partial charge >= 0.3 is 18.1 Å². The molecule has 0 aliphatic rings. The van der Waals surface area contributed by atoms with E-state index >= 15 is 0 Å². The number of carbonyl (C=O) groups excluding carboxylic acids is 3. The summed E-state index contributed by atoms with van der Waals surface area (Å²) in [5.74, 6) is -3.72. The Balaban J connectivity index is 1.96. The van der Waals surface area contributed by atoms with Gasteiger partial charge in [0.2, 0.25) is 5.91 Å². The zero-order chi connectivity index (χ0) is 26.8. The fourth-order valence-electron chi connectivity index (χ4n) is 3.71. The minimum absolute atomic E-state index is 0.0307. The van der Waals surface area contributed by atoms with Crippen LogP contribution in [0.1, 0.15) is 33.1 Å². The number of methoxy groups -OCH3 is 1. The van der Waals surface area contributed by atoms with E-state index in [9.17, 15) is 27.6 Å². The number of hydrogen-bond donors (Lipinski definition) is 1. The first-order valence-corrected chi connectivity index (χ1v) is 11.3. The number of hydrogen-bond acceptors (Lipinski definition) is 6. The second-order valence-corrected chi connectivity index (χ2v) is 8.02. The molecule has 1 aromatic carbocycles. The SMILES string of the molecule is COC(=O)c1cccc(C(C(=O)NCCc2ccncc2)N(CCc2ccncc2)C(=O)C(F)(F)F)c1. The second kappa shape index (κ2) is 12.6. The number of ether oxygens (including phenoxy) is 1. The van der Waals surface area contributed by atoms with Gasteiger partial charge in [-0.2, -0.15) is 13.2 Å². The highest BCUT2D eigenvalue weighted by atomic mass is 19.4. The van der Waals surface area contributed by atoms with Crippen molar-refractivity contribution in [1.29, 1.82) is 0 Å². The Labute approximate surface area is 211 Å². The third kappa shape index (κ3) is 7.60. The van der Waals surface area contributed by atoms with Crippen molar-refractivity contribution >= 4 is 17.8 Å². The third-order valence-electron chi connectivity index (χ3n) is 5.54. The number of nitrogens with zero attached hydrogens (tertiary/aromatic N) is 3. The number of aromatic nitrogens is 2. The molecule has 2 amide bonds. The Morgan fingerprint density at radius 1 is 0.946 bits per heavy atom. The van der Waals surface area contributed by atoms with Gasteiger partial charge in [-0.15, -0.1) is 0 Å². The van der Waals surface area contributed by atoms with E-state index in [4.69, 9.17) is 4.74 Å². The van der Waals surface area contributed by atoms with Crippen molar-refractivity contribution in [2.75, 3.05) is 20.2 Å². The van der Waals surface area contributed by atoms with Gasteiger partial charge in [-0.1, -0.05) is 12.1 Å². The van der Waals surface area contributed by atoms with Crippen LogP contribution in [0.15, 0.2) is 73.3 Å². The lowest BCUT2D eigenvalue weighted by Crippen LogP contribution is -2.49. The van der Waals surface area contributed by atoms with E-state index in [0.717, 1.165) is 12.7 Å². The molecule has 0 spiro atoms. The summed E-state index contributed by atoms with van der Waals surface area (Å²) < 4.78 is 45.8. The van der Waals surface area contributed by atoms with Crippen LogP contribution in [-0.4, -0.2) is 59.0 Å². The highest BCUT2D eigenvalue weighted by Gasteiger charge is 2.46. The van der Waals surface area contributed by atoms with E-state index in [0.29, 0.717) is 16.9 Å². The summed E-state index contributed by atoms with van der Waals surface area (Å²) >= 11 is 0. The van der Waals surface area contributed by atoms with Gasteiger partial charge in [0, 0.05) is 37.9 Å². The van der Waals surface area contributed by atoms with Gasteiger partial charge in [-0.05, 0) is 65.9 Å². The molecule has 8 nitrogen and oxygen atoms in total. The molecule has 0 saturated carbocycles. The third-order valence-corrected chi connectivity index (χ3v) is 5.54. The van der Waals surface area contributed by atoms with Crippen molar-refractivity contribution < 1.29 is 32.3 Å². The Morgan fingerprint density at radius 2 is 1.54 bits per heavy atom.